The van der Waals surface area contributed by atoms with Gasteiger partial charge in [-0.2, -0.15) is 5.10 Å². The highest BCUT2D eigenvalue weighted by Gasteiger charge is 2.03. The third-order valence-electron chi connectivity index (χ3n) is 2.22. The summed E-state index contributed by atoms with van der Waals surface area (Å²) in [5, 5.41) is 6.88. The quantitative estimate of drug-likeness (QED) is 0.792. The number of hydrogen-bond donors (Lipinski definition) is 2. The minimum absolute atomic E-state index is 0.380. The minimum atomic E-state index is 0.380. The molecule has 3 N–H and O–H groups in total. The number of aryl methyl sites for hydroxylation is 1. The van der Waals surface area contributed by atoms with Crippen molar-refractivity contribution in [1.29, 1.82) is 0 Å². The fraction of sp³-hybridized carbons (Fsp3) is 0.273. The van der Waals surface area contributed by atoms with Crippen LogP contribution in [0, 0.1) is 6.92 Å². The van der Waals surface area contributed by atoms with Crippen molar-refractivity contribution in [2.75, 3.05) is 0 Å². The van der Waals surface area contributed by atoms with E-state index in [9.17, 15) is 0 Å². The first kappa shape index (κ1) is 11.2. The summed E-state index contributed by atoms with van der Waals surface area (Å²) in [6, 6.07) is 8.30. The Kier molecular flexibility index (Phi) is 3.58. The molecule has 0 aliphatic heterocycles. The van der Waals surface area contributed by atoms with Gasteiger partial charge >= 0.3 is 0 Å². The number of H-pyrrole nitrogens is 1. The zero-order valence-corrected chi connectivity index (χ0v) is 9.92. The molecule has 0 amide bonds. The Bertz CT molecular complexity index is 467. The summed E-state index contributed by atoms with van der Waals surface area (Å²) in [5.74, 6) is 2.33. The van der Waals surface area contributed by atoms with Gasteiger partial charge in [-0.25, -0.2) is 4.98 Å². The van der Waals surface area contributed by atoms with Crippen LogP contribution < -0.4 is 5.73 Å². The van der Waals surface area contributed by atoms with Crippen molar-refractivity contribution in [2.45, 2.75) is 24.1 Å². The lowest BCUT2D eigenvalue weighted by Gasteiger charge is -2.02. The van der Waals surface area contributed by atoms with Crippen LogP contribution in [0.25, 0.3) is 0 Å². The molecule has 0 spiro atoms. The third-order valence-corrected chi connectivity index (χ3v) is 3.41. The van der Waals surface area contributed by atoms with Crippen LogP contribution in [0.2, 0.25) is 0 Å². The lowest BCUT2D eigenvalue weighted by Crippen LogP contribution is -1.98. The lowest BCUT2D eigenvalue weighted by atomic mass is 10.2. The van der Waals surface area contributed by atoms with E-state index >= 15 is 0 Å². The third kappa shape index (κ3) is 2.62. The van der Waals surface area contributed by atoms with Crippen molar-refractivity contribution < 1.29 is 0 Å². The van der Waals surface area contributed by atoms with Gasteiger partial charge in [-0.1, -0.05) is 18.2 Å². The zero-order valence-electron chi connectivity index (χ0n) is 9.10. The Balaban J connectivity index is 1.99. The first-order chi connectivity index (χ1) is 7.79. The molecule has 1 aromatic heterocycles. The van der Waals surface area contributed by atoms with E-state index in [2.05, 4.69) is 34.2 Å². The van der Waals surface area contributed by atoms with E-state index in [0.717, 1.165) is 11.6 Å². The van der Waals surface area contributed by atoms with Crippen molar-refractivity contribution in [1.82, 2.24) is 15.2 Å². The molecule has 0 fully saturated rings. The molecule has 0 aliphatic carbocycles. The molecular formula is C11H14N4S. The smallest absolute Gasteiger partial charge is 0.164 e. The summed E-state index contributed by atoms with van der Waals surface area (Å²) in [5.41, 5.74) is 6.73. The van der Waals surface area contributed by atoms with Gasteiger partial charge in [0, 0.05) is 4.90 Å². The molecule has 0 unspecified atom stereocenters. The molecule has 0 saturated carbocycles. The van der Waals surface area contributed by atoms with Crippen LogP contribution in [-0.2, 0) is 12.3 Å². The molecular weight excluding hydrogens is 220 g/mol. The van der Waals surface area contributed by atoms with Gasteiger partial charge in [-0.3, -0.25) is 5.10 Å². The SMILES string of the molecule is Cc1ccccc1SCc1nc(CN)n[nH]1. The molecule has 1 heterocycles. The Hall–Kier alpha value is -1.33. The highest BCUT2D eigenvalue weighted by atomic mass is 32.2. The average Bonchev–Trinajstić information content (AvgIpc) is 2.76. The largest absolute Gasteiger partial charge is 0.324 e. The van der Waals surface area contributed by atoms with E-state index in [1.807, 2.05) is 12.1 Å². The fourth-order valence-electron chi connectivity index (χ4n) is 1.36. The maximum absolute atomic E-state index is 5.44. The Morgan fingerprint density at radius 3 is 2.88 bits per heavy atom. The van der Waals surface area contributed by atoms with Crippen molar-refractivity contribution >= 4 is 11.8 Å². The van der Waals surface area contributed by atoms with Crippen LogP contribution in [0.3, 0.4) is 0 Å². The fourth-order valence-corrected chi connectivity index (χ4v) is 2.25. The summed E-state index contributed by atoms with van der Waals surface area (Å²) in [7, 11) is 0. The van der Waals surface area contributed by atoms with E-state index in [-0.39, 0.29) is 0 Å². The molecule has 1 aromatic carbocycles. The van der Waals surface area contributed by atoms with Crippen LogP contribution >= 0.6 is 11.8 Å². The van der Waals surface area contributed by atoms with E-state index < -0.39 is 0 Å². The average molecular weight is 234 g/mol. The van der Waals surface area contributed by atoms with Crippen molar-refractivity contribution in [3.63, 3.8) is 0 Å². The molecule has 84 valence electrons. The van der Waals surface area contributed by atoms with Gasteiger partial charge in [-0.15, -0.1) is 11.8 Å². The number of aromatic amines is 1. The predicted molar refractivity (Wildman–Crippen MR) is 65.0 cm³/mol. The van der Waals surface area contributed by atoms with Crippen LogP contribution in [0.15, 0.2) is 29.2 Å². The molecule has 0 bridgehead atoms. The predicted octanol–water partition coefficient (Wildman–Crippen LogP) is 1.86. The summed E-state index contributed by atoms with van der Waals surface area (Å²) < 4.78 is 0. The topological polar surface area (TPSA) is 67.6 Å². The summed E-state index contributed by atoms with van der Waals surface area (Å²) in [6.45, 7) is 2.49. The van der Waals surface area contributed by atoms with Gasteiger partial charge in [0.25, 0.3) is 0 Å². The Morgan fingerprint density at radius 2 is 2.19 bits per heavy atom. The number of rotatable bonds is 4. The van der Waals surface area contributed by atoms with Crippen LogP contribution in [0.1, 0.15) is 17.2 Å². The van der Waals surface area contributed by atoms with Crippen LogP contribution in [0.4, 0.5) is 0 Å². The molecule has 4 nitrogen and oxygen atoms in total. The van der Waals surface area contributed by atoms with Crippen LogP contribution in [-0.4, -0.2) is 15.2 Å². The molecule has 0 aliphatic rings. The van der Waals surface area contributed by atoms with E-state index in [4.69, 9.17) is 5.73 Å². The molecule has 16 heavy (non-hydrogen) atoms. The van der Waals surface area contributed by atoms with E-state index in [0.29, 0.717) is 12.4 Å². The second kappa shape index (κ2) is 5.14. The number of aromatic nitrogens is 3. The van der Waals surface area contributed by atoms with Gasteiger partial charge < -0.3 is 5.73 Å². The summed E-state index contributed by atoms with van der Waals surface area (Å²) in [4.78, 5) is 5.53. The first-order valence-corrected chi connectivity index (χ1v) is 6.07. The molecule has 2 rings (SSSR count). The second-order valence-electron chi connectivity index (χ2n) is 3.46. The maximum atomic E-state index is 5.44. The number of nitrogens with two attached hydrogens (primary N) is 1. The van der Waals surface area contributed by atoms with Crippen LogP contribution in [0.5, 0.6) is 0 Å². The highest BCUT2D eigenvalue weighted by Crippen LogP contribution is 2.24. The first-order valence-electron chi connectivity index (χ1n) is 5.08. The summed E-state index contributed by atoms with van der Waals surface area (Å²) >= 11 is 1.75. The van der Waals surface area contributed by atoms with E-state index in [1.54, 1.807) is 11.8 Å². The van der Waals surface area contributed by atoms with Crippen molar-refractivity contribution in [3.8, 4) is 0 Å². The minimum Gasteiger partial charge on any atom is -0.324 e. The lowest BCUT2D eigenvalue weighted by molar-refractivity contribution is 0.916. The van der Waals surface area contributed by atoms with Gasteiger partial charge in [0.15, 0.2) is 5.82 Å². The standard InChI is InChI=1S/C11H14N4S/c1-8-4-2-3-5-9(8)16-7-11-13-10(6-12)14-15-11/h2-5H,6-7,12H2,1H3,(H,13,14,15). The number of nitrogens with zero attached hydrogens (tertiary/aromatic N) is 2. The molecule has 0 saturated heterocycles. The Morgan fingerprint density at radius 1 is 1.38 bits per heavy atom. The second-order valence-corrected chi connectivity index (χ2v) is 4.47. The number of hydrogen-bond acceptors (Lipinski definition) is 4. The summed E-state index contributed by atoms with van der Waals surface area (Å²) in [6.07, 6.45) is 0. The van der Waals surface area contributed by atoms with Gasteiger partial charge in [0.05, 0.1) is 12.3 Å². The monoisotopic (exact) mass is 234 g/mol. The number of thioether (sulfide) groups is 1. The molecule has 0 atom stereocenters. The van der Waals surface area contributed by atoms with E-state index in [1.165, 1.54) is 10.5 Å². The Labute approximate surface area is 98.7 Å². The van der Waals surface area contributed by atoms with Gasteiger partial charge in [0.2, 0.25) is 0 Å². The van der Waals surface area contributed by atoms with Gasteiger partial charge in [0.1, 0.15) is 5.82 Å². The highest BCUT2D eigenvalue weighted by molar-refractivity contribution is 7.98. The van der Waals surface area contributed by atoms with Gasteiger partial charge in [-0.05, 0) is 18.6 Å². The maximum Gasteiger partial charge on any atom is 0.164 e. The molecule has 5 heteroatoms. The van der Waals surface area contributed by atoms with Crippen molar-refractivity contribution in [2.24, 2.45) is 5.73 Å². The molecule has 0 radical (unpaired) electrons. The zero-order chi connectivity index (χ0) is 11.4. The number of benzene rings is 1. The van der Waals surface area contributed by atoms with Crippen molar-refractivity contribution in [3.05, 3.63) is 41.5 Å². The molecule has 2 aromatic rings. The normalized spacial score (nSPS) is 10.6. The number of nitrogens with one attached hydrogen (secondary N) is 1.